The molecule has 5 heteroatoms. The van der Waals surface area contributed by atoms with Crippen LogP contribution in [0.4, 0.5) is 5.69 Å². The number of carbonyl (C=O) groups is 2. The zero-order valence-electron chi connectivity index (χ0n) is 16.1. The number of Topliss-reactive ketones (excluding diaryl/α,β-unsaturated/α-hetero) is 1. The van der Waals surface area contributed by atoms with Crippen LogP contribution < -0.4 is 5.32 Å². The third-order valence-corrected chi connectivity index (χ3v) is 5.39. The van der Waals surface area contributed by atoms with E-state index in [0.717, 1.165) is 22.2 Å². The van der Waals surface area contributed by atoms with Gasteiger partial charge in [-0.05, 0) is 55.3 Å². The first-order valence-electron chi connectivity index (χ1n) is 9.23. The molecule has 4 aromatic rings. The minimum Gasteiger partial charge on any atom is -0.319 e. The molecule has 0 saturated heterocycles. The molecule has 0 aliphatic heterocycles. The standard InChI is InChI=1S/C24H19ClN2O2/c1-15-9-11-17(12-10-15)19-14-18-6-3-4-13-27(18)22(19)23(28)24(29)26-21-8-5-7-20(25)16(21)2/h3-14H,1-2H3,(H,26,29). The van der Waals surface area contributed by atoms with E-state index in [1.54, 1.807) is 35.7 Å². The quantitative estimate of drug-likeness (QED) is 0.351. The Bertz CT molecular complexity index is 1240. The number of amides is 1. The van der Waals surface area contributed by atoms with Crippen LogP contribution in [-0.2, 0) is 4.79 Å². The minimum absolute atomic E-state index is 0.335. The number of nitrogens with one attached hydrogen (secondary N) is 1. The van der Waals surface area contributed by atoms with Gasteiger partial charge in [0.25, 0.3) is 11.7 Å². The fourth-order valence-electron chi connectivity index (χ4n) is 3.34. The first-order valence-corrected chi connectivity index (χ1v) is 9.61. The highest BCUT2D eigenvalue weighted by atomic mass is 35.5. The first kappa shape index (κ1) is 19.0. The van der Waals surface area contributed by atoms with Crippen molar-refractivity contribution in [1.82, 2.24) is 4.40 Å². The number of ketones is 1. The van der Waals surface area contributed by atoms with E-state index in [4.69, 9.17) is 11.6 Å². The molecule has 0 aliphatic carbocycles. The molecule has 1 N–H and O–H groups in total. The van der Waals surface area contributed by atoms with Gasteiger partial charge >= 0.3 is 0 Å². The normalized spacial score (nSPS) is 10.9. The Morgan fingerprint density at radius 2 is 1.69 bits per heavy atom. The van der Waals surface area contributed by atoms with E-state index in [2.05, 4.69) is 5.32 Å². The maximum Gasteiger partial charge on any atom is 0.298 e. The Hall–Kier alpha value is -3.37. The van der Waals surface area contributed by atoms with Crippen molar-refractivity contribution in [2.45, 2.75) is 13.8 Å². The van der Waals surface area contributed by atoms with Crippen LogP contribution in [-0.4, -0.2) is 16.1 Å². The molecule has 0 bridgehead atoms. The number of hydrogen-bond acceptors (Lipinski definition) is 2. The average Bonchev–Trinajstić information content (AvgIpc) is 3.10. The maximum absolute atomic E-state index is 13.2. The Morgan fingerprint density at radius 3 is 2.45 bits per heavy atom. The first-order chi connectivity index (χ1) is 14.0. The van der Waals surface area contributed by atoms with Crippen LogP contribution in [0.15, 0.2) is 72.9 Å². The Kier molecular flexibility index (Phi) is 4.95. The lowest BCUT2D eigenvalue weighted by atomic mass is 10.0. The number of nitrogens with zero attached hydrogens (tertiary/aromatic N) is 1. The zero-order valence-corrected chi connectivity index (χ0v) is 16.8. The molecule has 0 fully saturated rings. The molecule has 29 heavy (non-hydrogen) atoms. The van der Waals surface area contributed by atoms with Gasteiger partial charge in [0.15, 0.2) is 0 Å². The topological polar surface area (TPSA) is 50.6 Å². The largest absolute Gasteiger partial charge is 0.319 e. The second-order valence-corrected chi connectivity index (χ2v) is 7.37. The van der Waals surface area contributed by atoms with Crippen molar-refractivity contribution in [3.8, 4) is 11.1 Å². The van der Waals surface area contributed by atoms with E-state index >= 15 is 0 Å². The second-order valence-electron chi connectivity index (χ2n) is 6.96. The van der Waals surface area contributed by atoms with Crippen LogP contribution in [0.3, 0.4) is 0 Å². The molecule has 0 unspecified atom stereocenters. The number of aryl methyl sites for hydroxylation is 1. The molecule has 2 aromatic carbocycles. The SMILES string of the molecule is Cc1ccc(-c2cc3ccccn3c2C(=O)C(=O)Nc2cccc(Cl)c2C)cc1. The fraction of sp³-hybridized carbons (Fsp3) is 0.0833. The third kappa shape index (κ3) is 3.55. The summed E-state index contributed by atoms with van der Waals surface area (Å²) in [6, 6.07) is 20.7. The van der Waals surface area contributed by atoms with Gasteiger partial charge in [0.2, 0.25) is 0 Å². The summed E-state index contributed by atoms with van der Waals surface area (Å²) in [4.78, 5) is 26.1. The number of anilines is 1. The number of aromatic nitrogens is 1. The van der Waals surface area contributed by atoms with E-state index in [1.807, 2.05) is 55.5 Å². The minimum atomic E-state index is -0.701. The fourth-order valence-corrected chi connectivity index (χ4v) is 3.51. The summed E-state index contributed by atoms with van der Waals surface area (Å²) in [6.07, 6.45) is 1.79. The summed E-state index contributed by atoms with van der Waals surface area (Å²) in [5.74, 6) is -1.31. The van der Waals surface area contributed by atoms with E-state index in [-0.39, 0.29) is 0 Å². The zero-order chi connectivity index (χ0) is 20.5. The third-order valence-electron chi connectivity index (χ3n) is 4.98. The van der Waals surface area contributed by atoms with Crippen LogP contribution in [0.25, 0.3) is 16.6 Å². The van der Waals surface area contributed by atoms with Crippen molar-refractivity contribution >= 4 is 34.5 Å². The Morgan fingerprint density at radius 1 is 0.931 bits per heavy atom. The van der Waals surface area contributed by atoms with Crippen molar-refractivity contribution in [3.05, 3.63) is 94.8 Å². The highest BCUT2D eigenvalue weighted by Gasteiger charge is 2.25. The average molecular weight is 403 g/mol. The predicted octanol–water partition coefficient (Wildman–Crippen LogP) is 5.70. The number of benzene rings is 2. The molecule has 0 spiro atoms. The summed E-state index contributed by atoms with van der Waals surface area (Å²) in [7, 11) is 0. The molecule has 4 rings (SSSR count). The van der Waals surface area contributed by atoms with E-state index in [0.29, 0.717) is 22.0 Å². The van der Waals surface area contributed by atoms with Crippen molar-refractivity contribution in [1.29, 1.82) is 0 Å². The molecule has 1 amide bonds. The summed E-state index contributed by atoms with van der Waals surface area (Å²) in [5.41, 5.74) is 5.15. The number of hydrogen-bond donors (Lipinski definition) is 1. The lowest BCUT2D eigenvalue weighted by Gasteiger charge is -2.10. The van der Waals surface area contributed by atoms with Crippen molar-refractivity contribution in [2.75, 3.05) is 5.32 Å². The van der Waals surface area contributed by atoms with E-state index in [9.17, 15) is 9.59 Å². The van der Waals surface area contributed by atoms with Gasteiger partial charge in [-0.3, -0.25) is 9.59 Å². The molecule has 2 heterocycles. The highest BCUT2D eigenvalue weighted by Crippen LogP contribution is 2.29. The van der Waals surface area contributed by atoms with Gasteiger partial charge in [0.05, 0.1) is 0 Å². The highest BCUT2D eigenvalue weighted by molar-refractivity contribution is 6.47. The predicted molar refractivity (Wildman–Crippen MR) is 117 cm³/mol. The van der Waals surface area contributed by atoms with Gasteiger partial charge in [-0.2, -0.15) is 0 Å². The smallest absolute Gasteiger partial charge is 0.298 e. The van der Waals surface area contributed by atoms with Gasteiger partial charge in [0.1, 0.15) is 5.69 Å². The Labute approximate surface area is 173 Å². The number of rotatable bonds is 4. The molecular weight excluding hydrogens is 384 g/mol. The molecule has 0 saturated carbocycles. The maximum atomic E-state index is 13.2. The monoisotopic (exact) mass is 402 g/mol. The van der Waals surface area contributed by atoms with Gasteiger partial charge in [0, 0.05) is 28.0 Å². The number of pyridine rings is 1. The number of fused-ring (bicyclic) bond motifs is 1. The van der Waals surface area contributed by atoms with Crippen LogP contribution in [0.5, 0.6) is 0 Å². The van der Waals surface area contributed by atoms with E-state index < -0.39 is 11.7 Å². The molecule has 0 aliphatic rings. The number of halogens is 1. The number of carbonyl (C=O) groups excluding carboxylic acids is 2. The summed E-state index contributed by atoms with van der Waals surface area (Å²) in [6.45, 7) is 3.81. The van der Waals surface area contributed by atoms with Crippen molar-refractivity contribution in [2.24, 2.45) is 0 Å². The summed E-state index contributed by atoms with van der Waals surface area (Å²) >= 11 is 6.13. The molecule has 2 aromatic heterocycles. The lowest BCUT2D eigenvalue weighted by Crippen LogP contribution is -2.25. The molecule has 144 valence electrons. The molecular formula is C24H19ClN2O2. The molecule has 4 nitrogen and oxygen atoms in total. The van der Waals surface area contributed by atoms with Crippen molar-refractivity contribution < 1.29 is 9.59 Å². The van der Waals surface area contributed by atoms with Crippen LogP contribution >= 0.6 is 11.6 Å². The second kappa shape index (κ2) is 7.57. The van der Waals surface area contributed by atoms with Gasteiger partial charge in [-0.15, -0.1) is 0 Å². The van der Waals surface area contributed by atoms with Gasteiger partial charge in [-0.1, -0.05) is 53.6 Å². The molecule has 0 radical (unpaired) electrons. The van der Waals surface area contributed by atoms with Crippen LogP contribution in [0.2, 0.25) is 5.02 Å². The van der Waals surface area contributed by atoms with E-state index in [1.165, 1.54) is 0 Å². The summed E-state index contributed by atoms with van der Waals surface area (Å²) in [5, 5.41) is 3.24. The summed E-state index contributed by atoms with van der Waals surface area (Å²) < 4.78 is 1.75. The van der Waals surface area contributed by atoms with Gasteiger partial charge < -0.3 is 9.72 Å². The van der Waals surface area contributed by atoms with Gasteiger partial charge in [-0.25, -0.2) is 0 Å². The van der Waals surface area contributed by atoms with Crippen LogP contribution in [0.1, 0.15) is 21.6 Å². The molecule has 0 atom stereocenters. The Balaban J connectivity index is 1.78. The van der Waals surface area contributed by atoms with Crippen molar-refractivity contribution in [3.63, 3.8) is 0 Å². The lowest BCUT2D eigenvalue weighted by molar-refractivity contribution is -0.112. The van der Waals surface area contributed by atoms with Crippen LogP contribution in [0, 0.1) is 13.8 Å².